The molecule has 0 amide bonds. The van der Waals surface area contributed by atoms with E-state index in [1.54, 1.807) is 55.0 Å². The Morgan fingerprint density at radius 3 is 2.82 bits per heavy atom. The van der Waals surface area contributed by atoms with E-state index >= 15 is 0 Å². The largest absolute Gasteiger partial charge is 0.436 e. The number of benzene rings is 2. The average molecular weight is 370 g/mol. The van der Waals surface area contributed by atoms with Crippen LogP contribution in [0.1, 0.15) is 5.56 Å². The normalized spacial score (nSPS) is 11.6. The average Bonchev–Trinajstić information content (AvgIpc) is 3.15. The molecule has 4 rings (SSSR count). The van der Waals surface area contributed by atoms with Gasteiger partial charge >= 0.3 is 0 Å². The Bertz CT molecular complexity index is 1200. The van der Waals surface area contributed by atoms with Crippen molar-refractivity contribution in [1.82, 2.24) is 9.97 Å². The van der Waals surface area contributed by atoms with Crippen molar-refractivity contribution in [2.24, 2.45) is 4.99 Å². The first kappa shape index (κ1) is 17.3. The molecular formula is C21H14N4O3. The van der Waals surface area contributed by atoms with E-state index in [1.165, 1.54) is 6.07 Å². The molecule has 2 aromatic heterocycles. The van der Waals surface area contributed by atoms with Gasteiger partial charge in [0.05, 0.1) is 21.7 Å². The number of pyridine rings is 1. The Labute approximate surface area is 159 Å². The highest BCUT2D eigenvalue weighted by atomic mass is 16.6. The summed E-state index contributed by atoms with van der Waals surface area (Å²) in [6.07, 6.45) is 8.28. The molecule has 0 radical (unpaired) electrons. The van der Waals surface area contributed by atoms with E-state index in [4.69, 9.17) is 4.42 Å². The Hall–Kier alpha value is -4.13. The van der Waals surface area contributed by atoms with Gasteiger partial charge in [-0.3, -0.25) is 20.1 Å². The number of allylic oxidation sites excluding steroid dienone is 1. The minimum atomic E-state index is -0.408. The summed E-state index contributed by atoms with van der Waals surface area (Å²) in [7, 11) is 0. The second-order valence-corrected chi connectivity index (χ2v) is 5.87. The lowest BCUT2D eigenvalue weighted by atomic mass is 10.1. The molecule has 0 N–H and O–H groups in total. The third-order valence-corrected chi connectivity index (χ3v) is 4.00. The molecule has 7 heteroatoms. The van der Waals surface area contributed by atoms with Gasteiger partial charge in [-0.1, -0.05) is 12.1 Å². The van der Waals surface area contributed by atoms with Crippen LogP contribution in [0.25, 0.3) is 28.6 Å². The number of rotatable bonds is 5. The maximum Gasteiger partial charge on any atom is 0.276 e. The molecule has 7 nitrogen and oxygen atoms in total. The minimum absolute atomic E-state index is 0.0547. The number of nitro groups is 1. The van der Waals surface area contributed by atoms with Gasteiger partial charge in [-0.05, 0) is 48.6 Å². The highest BCUT2D eigenvalue weighted by Gasteiger charge is 2.09. The Morgan fingerprint density at radius 2 is 2.00 bits per heavy atom. The van der Waals surface area contributed by atoms with Gasteiger partial charge < -0.3 is 4.42 Å². The molecule has 4 aromatic rings. The van der Waals surface area contributed by atoms with Gasteiger partial charge in [-0.2, -0.15) is 0 Å². The lowest BCUT2D eigenvalue weighted by molar-refractivity contribution is -0.385. The van der Waals surface area contributed by atoms with E-state index in [9.17, 15) is 10.1 Å². The lowest BCUT2D eigenvalue weighted by Gasteiger charge is -1.95. The van der Waals surface area contributed by atoms with Crippen molar-refractivity contribution in [3.05, 3.63) is 88.7 Å². The van der Waals surface area contributed by atoms with Gasteiger partial charge in [0.25, 0.3) is 5.69 Å². The van der Waals surface area contributed by atoms with Gasteiger partial charge in [0.1, 0.15) is 5.52 Å². The van der Waals surface area contributed by atoms with E-state index in [0.717, 1.165) is 5.56 Å². The third kappa shape index (κ3) is 3.68. The first-order valence-electron chi connectivity index (χ1n) is 8.46. The summed E-state index contributed by atoms with van der Waals surface area (Å²) in [5, 5.41) is 11.0. The zero-order valence-corrected chi connectivity index (χ0v) is 14.6. The molecule has 136 valence electrons. The second-order valence-electron chi connectivity index (χ2n) is 5.87. The topological polar surface area (TPSA) is 94.4 Å². The number of hydrogen-bond acceptors (Lipinski definition) is 6. The second kappa shape index (κ2) is 7.63. The van der Waals surface area contributed by atoms with Crippen LogP contribution >= 0.6 is 0 Å². The first-order valence-corrected chi connectivity index (χ1v) is 8.46. The molecule has 0 fully saturated rings. The molecule has 0 aliphatic heterocycles. The molecule has 0 saturated carbocycles. The maximum atomic E-state index is 11.0. The van der Waals surface area contributed by atoms with E-state index in [2.05, 4.69) is 15.0 Å². The molecule has 0 unspecified atom stereocenters. The number of aliphatic imine (C=N–C) groups is 1. The van der Waals surface area contributed by atoms with Crippen molar-refractivity contribution in [3.63, 3.8) is 0 Å². The minimum Gasteiger partial charge on any atom is -0.436 e. The van der Waals surface area contributed by atoms with Crippen molar-refractivity contribution in [1.29, 1.82) is 0 Å². The predicted octanol–water partition coefficient (Wildman–Crippen LogP) is 5.21. The lowest BCUT2D eigenvalue weighted by Crippen LogP contribution is -1.90. The Morgan fingerprint density at radius 1 is 1.11 bits per heavy atom. The van der Waals surface area contributed by atoms with Crippen molar-refractivity contribution in [2.75, 3.05) is 0 Å². The van der Waals surface area contributed by atoms with Crippen LogP contribution in [-0.2, 0) is 0 Å². The highest BCUT2D eigenvalue weighted by Crippen LogP contribution is 2.26. The third-order valence-electron chi connectivity index (χ3n) is 4.00. The van der Waals surface area contributed by atoms with E-state index in [-0.39, 0.29) is 5.69 Å². The monoisotopic (exact) mass is 370 g/mol. The smallest absolute Gasteiger partial charge is 0.276 e. The van der Waals surface area contributed by atoms with Crippen LogP contribution in [0.3, 0.4) is 0 Å². The fourth-order valence-corrected chi connectivity index (χ4v) is 2.68. The summed E-state index contributed by atoms with van der Waals surface area (Å²) in [5.74, 6) is 0.500. The number of oxazole rings is 1. The zero-order chi connectivity index (χ0) is 19.3. The summed E-state index contributed by atoms with van der Waals surface area (Å²) in [5.41, 5.74) is 3.43. The summed E-state index contributed by atoms with van der Waals surface area (Å²) < 4.78 is 5.75. The molecule has 0 atom stereocenters. The van der Waals surface area contributed by atoms with Gasteiger partial charge in [0.2, 0.25) is 5.89 Å². The number of aromatic nitrogens is 2. The van der Waals surface area contributed by atoms with Crippen LogP contribution in [-0.4, -0.2) is 21.1 Å². The number of fused-ring (bicyclic) bond motifs is 1. The molecule has 0 bridgehead atoms. The van der Waals surface area contributed by atoms with Crippen LogP contribution < -0.4 is 0 Å². The molecule has 28 heavy (non-hydrogen) atoms. The van der Waals surface area contributed by atoms with Gasteiger partial charge in [0, 0.05) is 24.7 Å². The highest BCUT2D eigenvalue weighted by molar-refractivity contribution is 5.84. The fraction of sp³-hybridized carbons (Fsp3) is 0. The summed E-state index contributed by atoms with van der Waals surface area (Å²) in [6, 6.07) is 15.7. The number of para-hydroxylation sites is 1. The summed E-state index contributed by atoms with van der Waals surface area (Å²) in [4.78, 5) is 23.5. The van der Waals surface area contributed by atoms with E-state index < -0.39 is 4.92 Å². The number of nitrogens with zero attached hydrogens (tertiary/aromatic N) is 4. The molecular weight excluding hydrogens is 356 g/mol. The first-order chi connectivity index (χ1) is 13.7. The molecule has 0 spiro atoms. The van der Waals surface area contributed by atoms with Crippen molar-refractivity contribution >= 4 is 34.8 Å². The fourth-order valence-electron chi connectivity index (χ4n) is 2.68. The molecule has 0 aliphatic rings. The van der Waals surface area contributed by atoms with Crippen molar-refractivity contribution in [2.45, 2.75) is 0 Å². The van der Waals surface area contributed by atoms with Crippen LogP contribution in [0.4, 0.5) is 11.4 Å². The van der Waals surface area contributed by atoms with Crippen LogP contribution in [0.15, 0.2) is 82.5 Å². The Balaban J connectivity index is 1.54. The summed E-state index contributed by atoms with van der Waals surface area (Å²) >= 11 is 0. The Kier molecular flexibility index (Phi) is 4.71. The van der Waals surface area contributed by atoms with E-state index in [1.807, 2.05) is 24.3 Å². The van der Waals surface area contributed by atoms with Crippen LogP contribution in [0, 0.1) is 10.1 Å². The predicted molar refractivity (Wildman–Crippen MR) is 108 cm³/mol. The molecule has 0 saturated heterocycles. The molecule has 0 aliphatic carbocycles. The van der Waals surface area contributed by atoms with Crippen molar-refractivity contribution in [3.8, 4) is 11.5 Å². The standard InChI is InChI=1S/C21H14N4O3/c26-25(27)19-8-2-1-5-15(19)6-4-12-23-17-9-10-20-18(13-17)24-21(28-20)16-7-3-11-22-14-16/h1-14H. The van der Waals surface area contributed by atoms with Gasteiger partial charge in [-0.15, -0.1) is 0 Å². The quantitative estimate of drug-likeness (QED) is 0.273. The molecule has 2 aromatic carbocycles. The number of hydrogen-bond donors (Lipinski definition) is 0. The van der Waals surface area contributed by atoms with Gasteiger partial charge in [-0.25, -0.2) is 4.98 Å². The van der Waals surface area contributed by atoms with Crippen molar-refractivity contribution < 1.29 is 9.34 Å². The van der Waals surface area contributed by atoms with Crippen LogP contribution in [0.2, 0.25) is 0 Å². The molecule has 2 heterocycles. The number of nitro benzene ring substituents is 1. The SMILES string of the molecule is O=[N+]([O-])c1ccccc1C=CC=Nc1ccc2oc(-c3cccnc3)nc2c1. The summed E-state index contributed by atoms with van der Waals surface area (Å²) in [6.45, 7) is 0. The van der Waals surface area contributed by atoms with Gasteiger partial charge in [0.15, 0.2) is 5.58 Å². The van der Waals surface area contributed by atoms with Crippen LogP contribution in [0.5, 0.6) is 0 Å². The zero-order valence-electron chi connectivity index (χ0n) is 14.6. The van der Waals surface area contributed by atoms with E-state index in [0.29, 0.717) is 28.2 Å². The maximum absolute atomic E-state index is 11.0.